The third kappa shape index (κ3) is 3.40. The summed E-state index contributed by atoms with van der Waals surface area (Å²) in [6, 6.07) is 3.97. The summed E-state index contributed by atoms with van der Waals surface area (Å²) >= 11 is 0. The van der Waals surface area contributed by atoms with E-state index in [1.54, 1.807) is 18.6 Å². The van der Waals surface area contributed by atoms with E-state index in [1.807, 2.05) is 18.3 Å². The summed E-state index contributed by atoms with van der Waals surface area (Å²) in [6.07, 6.45) is 9.20. The molecule has 0 aliphatic carbocycles. The van der Waals surface area contributed by atoms with Crippen LogP contribution in [0.25, 0.3) is 0 Å². The monoisotopic (exact) mass is 245 g/mol. The number of aliphatic hydroxyl groups excluding tert-OH is 1. The first-order chi connectivity index (χ1) is 8.79. The Hall–Kier alpha value is -1.68. The van der Waals surface area contributed by atoms with Gasteiger partial charge in [0.05, 0.1) is 6.10 Å². The molecule has 1 atom stereocenters. The molecule has 0 saturated carbocycles. The molecule has 0 aliphatic rings. The highest BCUT2D eigenvalue weighted by atomic mass is 16.3. The van der Waals surface area contributed by atoms with Crippen LogP contribution in [0.4, 0.5) is 0 Å². The van der Waals surface area contributed by atoms with Crippen LogP contribution < -0.4 is 0 Å². The zero-order valence-corrected chi connectivity index (χ0v) is 10.7. The van der Waals surface area contributed by atoms with Gasteiger partial charge in [0.15, 0.2) is 0 Å². The Morgan fingerprint density at radius 2 is 2.06 bits per heavy atom. The van der Waals surface area contributed by atoms with E-state index >= 15 is 0 Å². The van der Waals surface area contributed by atoms with Crippen LogP contribution in [0.15, 0.2) is 36.9 Å². The predicted molar refractivity (Wildman–Crippen MR) is 70.2 cm³/mol. The van der Waals surface area contributed by atoms with Gasteiger partial charge in [0, 0.05) is 37.8 Å². The van der Waals surface area contributed by atoms with E-state index in [0.717, 1.165) is 25.2 Å². The summed E-state index contributed by atoms with van der Waals surface area (Å²) in [5.74, 6) is 0.958. The van der Waals surface area contributed by atoms with Crippen LogP contribution in [0.2, 0.25) is 0 Å². The maximum atomic E-state index is 10.0. The lowest BCUT2D eigenvalue weighted by molar-refractivity contribution is 0.161. The molecule has 0 spiro atoms. The minimum absolute atomic E-state index is 0.342. The van der Waals surface area contributed by atoms with Gasteiger partial charge in [-0.2, -0.15) is 0 Å². The fraction of sp³-hybridized carbons (Fsp3) is 0.429. The lowest BCUT2D eigenvalue weighted by Crippen LogP contribution is -2.15. The molecule has 96 valence electrons. The Kier molecular flexibility index (Phi) is 4.47. The van der Waals surface area contributed by atoms with Gasteiger partial charge in [0.25, 0.3) is 0 Å². The highest BCUT2D eigenvalue weighted by molar-refractivity contribution is 5.09. The van der Waals surface area contributed by atoms with E-state index in [0.29, 0.717) is 6.42 Å². The molecule has 0 aromatic carbocycles. The Labute approximate surface area is 107 Å². The molecule has 1 N–H and O–H groups in total. The summed E-state index contributed by atoms with van der Waals surface area (Å²) in [6.45, 7) is 2.97. The molecule has 0 radical (unpaired) electrons. The van der Waals surface area contributed by atoms with E-state index in [-0.39, 0.29) is 6.10 Å². The molecule has 0 amide bonds. The van der Waals surface area contributed by atoms with Gasteiger partial charge in [0.2, 0.25) is 0 Å². The van der Waals surface area contributed by atoms with Crippen molar-refractivity contribution in [3.63, 3.8) is 0 Å². The number of hydrogen-bond acceptors (Lipinski definition) is 3. The highest BCUT2D eigenvalue weighted by Gasteiger charge is 2.09. The third-order valence-electron chi connectivity index (χ3n) is 3.08. The lowest BCUT2D eigenvalue weighted by Gasteiger charge is -2.11. The molecular weight excluding hydrogens is 226 g/mol. The van der Waals surface area contributed by atoms with Crippen LogP contribution >= 0.6 is 0 Å². The van der Waals surface area contributed by atoms with Gasteiger partial charge in [-0.3, -0.25) is 4.98 Å². The van der Waals surface area contributed by atoms with Crippen molar-refractivity contribution in [1.29, 1.82) is 0 Å². The van der Waals surface area contributed by atoms with Crippen molar-refractivity contribution in [2.45, 2.75) is 38.8 Å². The summed E-state index contributed by atoms with van der Waals surface area (Å²) in [4.78, 5) is 8.26. The molecule has 18 heavy (non-hydrogen) atoms. The minimum atomic E-state index is -0.342. The number of nitrogens with zero attached hydrogens (tertiary/aromatic N) is 3. The lowest BCUT2D eigenvalue weighted by atomic mass is 10.1. The van der Waals surface area contributed by atoms with Crippen LogP contribution in [-0.4, -0.2) is 25.7 Å². The van der Waals surface area contributed by atoms with Crippen molar-refractivity contribution in [2.75, 3.05) is 0 Å². The fourth-order valence-electron chi connectivity index (χ4n) is 2.01. The van der Waals surface area contributed by atoms with E-state index in [9.17, 15) is 5.11 Å². The number of aromatic nitrogens is 3. The molecule has 0 saturated heterocycles. The van der Waals surface area contributed by atoms with Crippen molar-refractivity contribution in [2.24, 2.45) is 0 Å². The molecule has 4 nitrogen and oxygen atoms in total. The van der Waals surface area contributed by atoms with E-state index in [4.69, 9.17) is 0 Å². The molecular formula is C14H19N3O. The molecule has 0 fully saturated rings. The topological polar surface area (TPSA) is 50.9 Å². The Morgan fingerprint density at radius 1 is 1.28 bits per heavy atom. The molecule has 2 aromatic rings. The predicted octanol–water partition coefficient (Wildman–Crippen LogP) is 1.83. The SMILES string of the molecule is CCn1ccnc1CC(O)CCc1ccncc1. The van der Waals surface area contributed by atoms with Gasteiger partial charge in [-0.15, -0.1) is 0 Å². The molecule has 2 heterocycles. The molecule has 2 aromatic heterocycles. The average Bonchev–Trinajstić information content (AvgIpc) is 2.85. The van der Waals surface area contributed by atoms with Crippen LogP contribution in [0.5, 0.6) is 0 Å². The van der Waals surface area contributed by atoms with Crippen LogP contribution in [-0.2, 0) is 19.4 Å². The molecule has 4 heteroatoms. The number of aliphatic hydroxyl groups is 1. The van der Waals surface area contributed by atoms with Crippen LogP contribution in [0.3, 0.4) is 0 Å². The Balaban J connectivity index is 1.84. The average molecular weight is 245 g/mol. The third-order valence-corrected chi connectivity index (χ3v) is 3.08. The summed E-state index contributed by atoms with van der Waals surface area (Å²) in [5, 5.41) is 10.0. The second kappa shape index (κ2) is 6.31. The molecule has 0 bridgehead atoms. The fourth-order valence-corrected chi connectivity index (χ4v) is 2.01. The van der Waals surface area contributed by atoms with Crippen LogP contribution in [0, 0.1) is 0 Å². The Bertz CT molecular complexity index is 467. The molecule has 0 aliphatic heterocycles. The second-order valence-electron chi connectivity index (χ2n) is 4.38. The number of aryl methyl sites for hydroxylation is 2. The number of rotatable bonds is 6. The number of pyridine rings is 1. The maximum Gasteiger partial charge on any atom is 0.111 e. The summed E-state index contributed by atoms with van der Waals surface area (Å²) < 4.78 is 2.07. The van der Waals surface area contributed by atoms with Gasteiger partial charge < -0.3 is 9.67 Å². The second-order valence-corrected chi connectivity index (χ2v) is 4.38. The van der Waals surface area contributed by atoms with Gasteiger partial charge in [0.1, 0.15) is 5.82 Å². The number of imidazole rings is 1. The zero-order valence-electron chi connectivity index (χ0n) is 10.7. The van der Waals surface area contributed by atoms with E-state index < -0.39 is 0 Å². The van der Waals surface area contributed by atoms with E-state index in [1.165, 1.54) is 5.56 Å². The van der Waals surface area contributed by atoms with Crippen molar-refractivity contribution in [3.05, 3.63) is 48.3 Å². The number of hydrogen-bond donors (Lipinski definition) is 1. The highest BCUT2D eigenvalue weighted by Crippen LogP contribution is 2.08. The van der Waals surface area contributed by atoms with Crippen molar-refractivity contribution in [1.82, 2.24) is 14.5 Å². The molecule has 1 unspecified atom stereocenters. The summed E-state index contributed by atoms with van der Waals surface area (Å²) in [7, 11) is 0. The summed E-state index contributed by atoms with van der Waals surface area (Å²) in [5.41, 5.74) is 1.21. The van der Waals surface area contributed by atoms with Crippen LogP contribution in [0.1, 0.15) is 24.7 Å². The minimum Gasteiger partial charge on any atom is -0.393 e. The van der Waals surface area contributed by atoms with Gasteiger partial charge in [-0.1, -0.05) is 0 Å². The Morgan fingerprint density at radius 3 is 2.78 bits per heavy atom. The first kappa shape index (κ1) is 12.8. The van der Waals surface area contributed by atoms with Crippen molar-refractivity contribution >= 4 is 0 Å². The van der Waals surface area contributed by atoms with E-state index in [2.05, 4.69) is 21.5 Å². The zero-order chi connectivity index (χ0) is 12.8. The quantitative estimate of drug-likeness (QED) is 0.844. The van der Waals surface area contributed by atoms with Gasteiger partial charge >= 0.3 is 0 Å². The van der Waals surface area contributed by atoms with Crippen molar-refractivity contribution in [3.8, 4) is 0 Å². The van der Waals surface area contributed by atoms with Gasteiger partial charge in [-0.05, 0) is 37.5 Å². The first-order valence-electron chi connectivity index (χ1n) is 6.36. The standard InChI is InChI=1S/C14H19N3O/c1-2-17-10-9-16-14(17)11-13(18)4-3-12-5-7-15-8-6-12/h5-10,13,18H,2-4,11H2,1H3. The normalized spacial score (nSPS) is 12.6. The molecule has 2 rings (SSSR count). The largest absolute Gasteiger partial charge is 0.393 e. The maximum absolute atomic E-state index is 10.0. The van der Waals surface area contributed by atoms with Crippen molar-refractivity contribution < 1.29 is 5.11 Å². The smallest absolute Gasteiger partial charge is 0.111 e. The first-order valence-corrected chi connectivity index (χ1v) is 6.36. The van der Waals surface area contributed by atoms with Gasteiger partial charge in [-0.25, -0.2) is 4.98 Å².